The molecular weight excluding hydrogens is 737 g/mol. The fourth-order valence-electron chi connectivity index (χ4n) is 8.71. The zero-order valence-electron chi connectivity index (χ0n) is 31.0. The highest BCUT2D eigenvalue weighted by atomic mass is 32.2. The van der Waals surface area contributed by atoms with Crippen molar-refractivity contribution >= 4 is 50.7 Å². The van der Waals surface area contributed by atoms with Crippen molar-refractivity contribution in [3.8, 4) is 16.9 Å². The summed E-state index contributed by atoms with van der Waals surface area (Å²) >= 11 is 0. The minimum Gasteiger partial charge on any atom is -0.489 e. The first-order valence-corrected chi connectivity index (χ1v) is 20.4. The van der Waals surface area contributed by atoms with E-state index in [1.807, 2.05) is 38.1 Å². The van der Waals surface area contributed by atoms with E-state index in [4.69, 9.17) is 4.74 Å². The molecule has 56 heavy (non-hydrogen) atoms. The summed E-state index contributed by atoms with van der Waals surface area (Å²) in [6.07, 6.45) is 9.31. The molecule has 2 saturated heterocycles. The number of nitrogens with zero attached hydrogens (tertiary/aromatic N) is 6. The molecule has 17 heteroatoms. The third-order valence-corrected chi connectivity index (χ3v) is 13.2. The molecule has 3 aliphatic heterocycles. The summed E-state index contributed by atoms with van der Waals surface area (Å²) in [5.41, 5.74) is 6.27. The van der Waals surface area contributed by atoms with Gasteiger partial charge in [-0.25, -0.2) is 17.7 Å². The fraction of sp³-hybridized carbons (Fsp3) is 0.385. The number of rotatable bonds is 10. The normalized spacial score (nSPS) is 19.7. The Morgan fingerprint density at radius 3 is 2.59 bits per heavy atom. The van der Waals surface area contributed by atoms with Crippen molar-refractivity contribution in [3.05, 3.63) is 77.7 Å². The molecule has 3 aromatic heterocycles. The molecule has 4 aliphatic rings. The number of benzene rings is 2. The second-order valence-corrected chi connectivity index (χ2v) is 17.0. The van der Waals surface area contributed by atoms with Gasteiger partial charge in [-0.05, 0) is 105 Å². The largest absolute Gasteiger partial charge is 0.489 e. The number of carbonyl (C=O) groups is 3. The van der Waals surface area contributed by atoms with Gasteiger partial charge in [0.2, 0.25) is 27.8 Å². The zero-order chi connectivity index (χ0) is 38.8. The molecule has 2 aromatic carbocycles. The summed E-state index contributed by atoms with van der Waals surface area (Å²) in [6.45, 7) is 6.20. The van der Waals surface area contributed by atoms with Gasteiger partial charge in [-0.2, -0.15) is 10.1 Å². The van der Waals surface area contributed by atoms with Crippen LogP contribution in [-0.4, -0.2) is 87.6 Å². The number of amides is 3. The summed E-state index contributed by atoms with van der Waals surface area (Å²) < 4.78 is 37.6. The lowest BCUT2D eigenvalue weighted by Gasteiger charge is -2.52. The SMILES string of the molecule is CCOc1c(-c2cn[nH]c2)ccn2nc(Nc3ccc(S(=O)(=O)NC4CC5(CCN(c6ccc7c(c6)CN(C6CCC(=O)NC6=O)C7=O)CC5)C4)cc3C)nc12. The number of piperidine rings is 2. The average Bonchev–Trinajstić information content (AvgIpc) is 3.92. The maximum absolute atomic E-state index is 13.5. The number of aryl methyl sites for hydroxylation is 1. The third kappa shape index (κ3) is 6.43. The van der Waals surface area contributed by atoms with Gasteiger partial charge < -0.3 is 19.9 Å². The second-order valence-electron chi connectivity index (χ2n) is 15.2. The van der Waals surface area contributed by atoms with Crippen molar-refractivity contribution in [2.24, 2.45) is 5.41 Å². The van der Waals surface area contributed by atoms with Crippen molar-refractivity contribution in [2.45, 2.75) is 75.9 Å². The van der Waals surface area contributed by atoms with Gasteiger partial charge in [0.15, 0.2) is 11.4 Å². The minimum atomic E-state index is -3.75. The van der Waals surface area contributed by atoms with Crippen molar-refractivity contribution in [2.75, 3.05) is 29.9 Å². The van der Waals surface area contributed by atoms with E-state index >= 15 is 0 Å². The molecule has 0 bridgehead atoms. The number of imide groups is 1. The van der Waals surface area contributed by atoms with Crippen molar-refractivity contribution in [1.82, 2.24) is 39.7 Å². The molecule has 3 fully saturated rings. The van der Waals surface area contributed by atoms with Crippen molar-refractivity contribution in [1.29, 1.82) is 0 Å². The van der Waals surface area contributed by atoms with Gasteiger partial charge in [0.25, 0.3) is 5.91 Å². The summed E-state index contributed by atoms with van der Waals surface area (Å²) in [5, 5.41) is 17.0. The molecule has 6 heterocycles. The van der Waals surface area contributed by atoms with E-state index in [2.05, 4.69) is 40.5 Å². The van der Waals surface area contributed by atoms with Crippen molar-refractivity contribution < 1.29 is 27.5 Å². The van der Waals surface area contributed by atoms with Gasteiger partial charge in [-0.15, -0.1) is 5.10 Å². The number of aromatic amines is 1. The minimum absolute atomic E-state index is 0.0884. The highest BCUT2D eigenvalue weighted by molar-refractivity contribution is 7.89. The Hall–Kier alpha value is -5.81. The highest BCUT2D eigenvalue weighted by Crippen LogP contribution is 2.50. The number of anilines is 3. The molecule has 1 atom stereocenters. The zero-order valence-corrected chi connectivity index (χ0v) is 31.9. The molecule has 0 radical (unpaired) electrons. The Balaban J connectivity index is 0.802. The molecule has 290 valence electrons. The Kier molecular flexibility index (Phi) is 8.80. The van der Waals surface area contributed by atoms with E-state index in [1.165, 1.54) is 0 Å². The Labute approximate surface area is 323 Å². The molecule has 1 aliphatic carbocycles. The second kappa shape index (κ2) is 13.7. The summed E-state index contributed by atoms with van der Waals surface area (Å²) in [7, 11) is -3.75. The number of pyridine rings is 1. The van der Waals surface area contributed by atoms with Gasteiger partial charge in [0, 0.05) is 72.6 Å². The van der Waals surface area contributed by atoms with Gasteiger partial charge in [0.1, 0.15) is 6.04 Å². The van der Waals surface area contributed by atoms with Crippen LogP contribution in [0.25, 0.3) is 16.8 Å². The topological polar surface area (TPSA) is 196 Å². The van der Waals surface area contributed by atoms with Crippen LogP contribution in [0.4, 0.5) is 17.3 Å². The predicted molar refractivity (Wildman–Crippen MR) is 206 cm³/mol. The predicted octanol–water partition coefficient (Wildman–Crippen LogP) is 4.06. The smallest absolute Gasteiger partial charge is 0.255 e. The number of aromatic nitrogens is 5. The maximum Gasteiger partial charge on any atom is 0.255 e. The van der Waals surface area contributed by atoms with E-state index in [0.717, 1.165) is 66.7 Å². The maximum atomic E-state index is 13.5. The quantitative estimate of drug-likeness (QED) is 0.149. The molecule has 1 unspecified atom stereocenters. The Morgan fingerprint density at radius 1 is 1.04 bits per heavy atom. The van der Waals surface area contributed by atoms with E-state index in [-0.39, 0.29) is 34.6 Å². The number of carbonyl (C=O) groups excluding carboxylic acids is 3. The van der Waals surface area contributed by atoms with E-state index < -0.39 is 22.0 Å². The van der Waals surface area contributed by atoms with Crippen LogP contribution < -0.4 is 25.0 Å². The molecule has 4 N–H and O–H groups in total. The van der Waals surface area contributed by atoms with E-state index in [1.54, 1.807) is 46.2 Å². The lowest BCUT2D eigenvalue weighted by Crippen LogP contribution is -2.54. The van der Waals surface area contributed by atoms with Crippen LogP contribution in [0, 0.1) is 12.3 Å². The molecule has 5 aromatic rings. The molecular formula is C39H42N10O6S. The number of hydrogen-bond acceptors (Lipinski definition) is 11. The van der Waals surface area contributed by atoms with Crippen LogP contribution in [-0.2, 0) is 26.2 Å². The molecule has 3 amide bonds. The monoisotopic (exact) mass is 778 g/mol. The number of fused-ring (bicyclic) bond motifs is 2. The van der Waals surface area contributed by atoms with Crippen LogP contribution in [0.3, 0.4) is 0 Å². The van der Waals surface area contributed by atoms with Gasteiger partial charge in [-0.3, -0.25) is 24.8 Å². The molecule has 1 saturated carbocycles. The first-order chi connectivity index (χ1) is 27.0. The molecule has 9 rings (SSSR count). The number of H-pyrrole nitrogens is 1. The van der Waals surface area contributed by atoms with Gasteiger partial charge in [-0.1, -0.05) is 0 Å². The van der Waals surface area contributed by atoms with Crippen LogP contribution >= 0.6 is 0 Å². The lowest BCUT2D eigenvalue weighted by atomic mass is 9.60. The summed E-state index contributed by atoms with van der Waals surface area (Å²) in [4.78, 5) is 46.0. The van der Waals surface area contributed by atoms with Crippen LogP contribution in [0.1, 0.15) is 66.9 Å². The Morgan fingerprint density at radius 2 is 1.86 bits per heavy atom. The van der Waals surface area contributed by atoms with E-state index in [0.29, 0.717) is 48.2 Å². The first-order valence-electron chi connectivity index (χ1n) is 18.9. The average molecular weight is 779 g/mol. The highest BCUT2D eigenvalue weighted by Gasteiger charge is 2.47. The molecule has 16 nitrogen and oxygen atoms in total. The Bertz CT molecular complexity index is 2480. The van der Waals surface area contributed by atoms with Crippen LogP contribution in [0.5, 0.6) is 5.75 Å². The van der Waals surface area contributed by atoms with Crippen molar-refractivity contribution in [3.63, 3.8) is 0 Å². The number of ether oxygens (including phenoxy) is 1. The van der Waals surface area contributed by atoms with Gasteiger partial charge >= 0.3 is 0 Å². The standard InChI is InChI=1S/C39H42N10O6S/c1-3-55-34-29(25-20-40-41-21-25)10-13-49-35(34)44-38(45-49)42-31-7-5-28(16-23(31)2)56(53,54)46-26-18-39(19-26)11-14-47(15-12-39)27-4-6-30-24(17-27)22-48(37(30)52)32-8-9-33(50)43-36(32)51/h4-7,10,13,16-17,20-21,26,32,46H,3,8-9,11-12,14-15,18-19,22H2,1-2H3,(H,40,41)(H,42,45)(H,43,50,51). The van der Waals surface area contributed by atoms with Gasteiger partial charge in [0.05, 0.1) is 17.7 Å². The lowest BCUT2D eigenvalue weighted by molar-refractivity contribution is -0.136. The first kappa shape index (κ1) is 35.9. The summed E-state index contributed by atoms with van der Waals surface area (Å²) in [5.74, 6) is 0.0396. The molecule has 1 spiro atoms. The van der Waals surface area contributed by atoms with Crippen LogP contribution in [0.15, 0.2) is 66.0 Å². The number of sulfonamides is 1. The van der Waals surface area contributed by atoms with E-state index in [9.17, 15) is 22.8 Å². The van der Waals surface area contributed by atoms with Crippen LogP contribution in [0.2, 0.25) is 0 Å². The third-order valence-electron chi connectivity index (χ3n) is 11.7. The fourth-order valence-corrected chi connectivity index (χ4v) is 10.0. The summed E-state index contributed by atoms with van der Waals surface area (Å²) in [6, 6.07) is 12.0. The number of nitrogens with one attached hydrogen (secondary N) is 4. The number of hydrogen-bond donors (Lipinski definition) is 4.